The number of unbranched alkanes of at least 4 members (excludes halogenated alkanes) is 6. The maximum absolute atomic E-state index is 13.0. The number of hydrogen-bond donors (Lipinski definition) is 0. The maximum atomic E-state index is 13.0. The number of hydrogen-bond acceptors (Lipinski definition) is 6. The number of benzene rings is 2. The Balaban J connectivity index is 1.69. The summed E-state index contributed by atoms with van der Waals surface area (Å²) in [6, 6.07) is 11.7. The van der Waals surface area contributed by atoms with E-state index < -0.39 is 10.0 Å². The third-order valence-corrected chi connectivity index (χ3v) is 8.94. The highest BCUT2D eigenvalue weighted by molar-refractivity contribution is 9.10. The number of thioether (sulfide) groups is 1. The van der Waals surface area contributed by atoms with Gasteiger partial charge in [-0.3, -0.25) is 9.69 Å². The monoisotopic (exact) mass is 622 g/mol. The predicted octanol–water partition coefficient (Wildman–Crippen LogP) is 7.27. The van der Waals surface area contributed by atoms with Crippen molar-refractivity contribution in [3.8, 4) is 11.5 Å². The van der Waals surface area contributed by atoms with Gasteiger partial charge < -0.3 is 9.47 Å². The summed E-state index contributed by atoms with van der Waals surface area (Å²) >= 11 is 4.34. The first kappa shape index (κ1) is 30.2. The molecule has 1 aliphatic rings. The Bertz CT molecular complexity index is 1260. The number of amidine groups is 1. The zero-order chi connectivity index (χ0) is 27.5. The number of methoxy groups -OCH3 is 1. The van der Waals surface area contributed by atoms with E-state index in [1.165, 1.54) is 49.1 Å². The van der Waals surface area contributed by atoms with Crippen molar-refractivity contribution in [1.82, 2.24) is 4.90 Å². The summed E-state index contributed by atoms with van der Waals surface area (Å²) in [5.74, 6) is 0.946. The number of halogens is 1. The van der Waals surface area contributed by atoms with Crippen molar-refractivity contribution in [1.29, 1.82) is 0 Å². The Labute approximate surface area is 238 Å². The van der Waals surface area contributed by atoms with Gasteiger partial charge in [-0.2, -0.15) is 8.42 Å². The molecule has 2 aromatic carbocycles. The molecule has 1 fully saturated rings. The highest BCUT2D eigenvalue weighted by Crippen LogP contribution is 2.35. The molecule has 0 aromatic heterocycles. The van der Waals surface area contributed by atoms with Crippen LogP contribution in [0.2, 0.25) is 0 Å². The van der Waals surface area contributed by atoms with E-state index >= 15 is 0 Å². The Hall–Kier alpha value is -2.30. The average Bonchev–Trinajstić information content (AvgIpc) is 3.18. The lowest BCUT2D eigenvalue weighted by Crippen LogP contribution is -2.29. The summed E-state index contributed by atoms with van der Waals surface area (Å²) in [6.45, 7) is 4.92. The van der Waals surface area contributed by atoms with E-state index in [1.54, 1.807) is 32.2 Å². The Morgan fingerprint density at radius 3 is 2.32 bits per heavy atom. The van der Waals surface area contributed by atoms with Crippen molar-refractivity contribution < 1.29 is 22.7 Å². The molecule has 2 aromatic rings. The molecule has 0 bridgehead atoms. The summed E-state index contributed by atoms with van der Waals surface area (Å²) in [4.78, 5) is 14.8. The van der Waals surface area contributed by atoms with Crippen LogP contribution in [0.15, 0.2) is 61.1 Å². The summed E-state index contributed by atoms with van der Waals surface area (Å²) in [5.41, 5.74) is 0.744. The molecule has 0 unspecified atom stereocenters. The second kappa shape index (κ2) is 14.7. The van der Waals surface area contributed by atoms with Gasteiger partial charge in [0.15, 0.2) is 16.7 Å². The van der Waals surface area contributed by atoms with Gasteiger partial charge in [0.1, 0.15) is 0 Å². The van der Waals surface area contributed by atoms with Crippen LogP contribution >= 0.6 is 27.7 Å². The lowest BCUT2D eigenvalue weighted by Gasteiger charge is -2.12. The summed E-state index contributed by atoms with van der Waals surface area (Å²) in [7, 11) is -2.39. The number of nitrogens with zero attached hydrogens (tertiary/aromatic N) is 2. The fourth-order valence-electron chi connectivity index (χ4n) is 3.90. The van der Waals surface area contributed by atoms with E-state index in [2.05, 4.69) is 27.3 Å². The van der Waals surface area contributed by atoms with Crippen molar-refractivity contribution in [2.24, 2.45) is 4.40 Å². The van der Waals surface area contributed by atoms with Gasteiger partial charge in [-0.05, 0) is 73.1 Å². The number of amides is 1. The number of ether oxygens (including phenoxy) is 2. The van der Waals surface area contributed by atoms with Gasteiger partial charge >= 0.3 is 0 Å². The van der Waals surface area contributed by atoms with Gasteiger partial charge in [-0.25, -0.2) is 0 Å². The number of carbonyl (C=O) groups is 1. The smallest absolute Gasteiger partial charge is 0.284 e. The topological polar surface area (TPSA) is 85.3 Å². The molecule has 1 saturated heterocycles. The first-order valence-corrected chi connectivity index (χ1v) is 16.0. The van der Waals surface area contributed by atoms with E-state index in [4.69, 9.17) is 9.47 Å². The zero-order valence-corrected chi connectivity index (χ0v) is 25.3. The standard InChI is InChI=1S/C28H35BrN2O5S2/c1-4-6-7-8-9-10-11-18-36-24-17-12-21(19-25(24)35-3)20-26-27(32)31(5-2)28(37-26)30-38(33,34)23-15-13-22(29)14-16-23/h12-17,19-20H,4-11,18H2,1-3H3. The largest absolute Gasteiger partial charge is 0.493 e. The molecule has 1 heterocycles. The molecule has 0 radical (unpaired) electrons. The van der Waals surface area contributed by atoms with Gasteiger partial charge in [-0.1, -0.05) is 67.4 Å². The average molecular weight is 624 g/mol. The number of sulfonamides is 1. The van der Waals surface area contributed by atoms with Crippen molar-refractivity contribution in [2.75, 3.05) is 20.3 Å². The van der Waals surface area contributed by atoms with Crippen LogP contribution in [0.1, 0.15) is 64.4 Å². The van der Waals surface area contributed by atoms with Crippen molar-refractivity contribution in [2.45, 2.75) is 63.7 Å². The molecular weight excluding hydrogens is 588 g/mol. The highest BCUT2D eigenvalue weighted by Gasteiger charge is 2.34. The SMILES string of the molecule is CCCCCCCCCOc1ccc(C=C2SC(=NS(=O)(=O)c3ccc(Br)cc3)N(CC)C2=O)cc1OC. The fraction of sp³-hybridized carbons (Fsp3) is 0.429. The molecule has 7 nitrogen and oxygen atoms in total. The van der Waals surface area contributed by atoms with Gasteiger partial charge in [0.25, 0.3) is 15.9 Å². The Morgan fingerprint density at radius 1 is 0.974 bits per heavy atom. The number of carbonyl (C=O) groups excluding carboxylic acids is 1. The highest BCUT2D eigenvalue weighted by atomic mass is 79.9. The van der Waals surface area contributed by atoms with Crippen molar-refractivity contribution in [3.05, 3.63) is 57.4 Å². The predicted molar refractivity (Wildman–Crippen MR) is 158 cm³/mol. The molecule has 0 spiro atoms. The van der Waals surface area contributed by atoms with Crippen LogP contribution in [-0.2, 0) is 14.8 Å². The molecular formula is C28H35BrN2O5S2. The minimum atomic E-state index is -3.97. The Kier molecular flexibility index (Phi) is 11.7. The first-order chi connectivity index (χ1) is 18.3. The minimum absolute atomic E-state index is 0.0616. The second-order valence-electron chi connectivity index (χ2n) is 8.84. The molecule has 3 rings (SSSR count). The van der Waals surface area contributed by atoms with E-state index in [0.29, 0.717) is 29.6 Å². The molecule has 1 amide bonds. The number of rotatable bonds is 14. The van der Waals surface area contributed by atoms with Crippen LogP contribution < -0.4 is 9.47 Å². The molecule has 1 aliphatic heterocycles. The van der Waals surface area contributed by atoms with Gasteiger partial charge in [0.2, 0.25) is 0 Å². The van der Waals surface area contributed by atoms with E-state index in [0.717, 1.165) is 34.6 Å². The third kappa shape index (κ3) is 8.35. The molecule has 10 heteroatoms. The van der Waals surface area contributed by atoms with Crippen LogP contribution in [0.25, 0.3) is 6.08 Å². The van der Waals surface area contributed by atoms with Crippen molar-refractivity contribution in [3.63, 3.8) is 0 Å². The number of likely N-dealkylation sites (N-methyl/N-ethyl adjacent to an activating group) is 1. The van der Waals surface area contributed by atoms with E-state index in [9.17, 15) is 13.2 Å². The van der Waals surface area contributed by atoms with Crippen LogP contribution in [-0.4, -0.2) is 44.7 Å². The quantitative estimate of drug-likeness (QED) is 0.163. The summed E-state index contributed by atoms with van der Waals surface area (Å²) in [6.07, 6.45) is 10.2. The molecule has 0 atom stereocenters. The Morgan fingerprint density at radius 2 is 1.66 bits per heavy atom. The minimum Gasteiger partial charge on any atom is -0.493 e. The molecule has 206 valence electrons. The van der Waals surface area contributed by atoms with Crippen molar-refractivity contribution >= 4 is 54.9 Å². The normalized spacial score (nSPS) is 16.0. The first-order valence-electron chi connectivity index (χ1n) is 12.9. The third-order valence-electron chi connectivity index (χ3n) is 6.00. The summed E-state index contributed by atoms with van der Waals surface area (Å²) in [5, 5.41) is 0.133. The lowest BCUT2D eigenvalue weighted by atomic mass is 10.1. The van der Waals surface area contributed by atoms with Crippen LogP contribution in [0.4, 0.5) is 0 Å². The maximum Gasteiger partial charge on any atom is 0.284 e. The van der Waals surface area contributed by atoms with E-state index in [-0.39, 0.29) is 16.0 Å². The fourth-order valence-corrected chi connectivity index (χ4v) is 6.41. The van der Waals surface area contributed by atoms with Crippen LogP contribution in [0, 0.1) is 0 Å². The molecule has 38 heavy (non-hydrogen) atoms. The molecule has 0 saturated carbocycles. The lowest BCUT2D eigenvalue weighted by molar-refractivity contribution is -0.122. The van der Waals surface area contributed by atoms with Gasteiger partial charge in [0, 0.05) is 11.0 Å². The zero-order valence-electron chi connectivity index (χ0n) is 22.1. The molecule has 0 aliphatic carbocycles. The summed E-state index contributed by atoms with van der Waals surface area (Å²) < 4.78 is 41.9. The van der Waals surface area contributed by atoms with Crippen LogP contribution in [0.5, 0.6) is 11.5 Å². The van der Waals surface area contributed by atoms with E-state index in [1.807, 2.05) is 18.2 Å². The van der Waals surface area contributed by atoms with Gasteiger partial charge in [-0.15, -0.1) is 4.40 Å². The van der Waals surface area contributed by atoms with Crippen LogP contribution in [0.3, 0.4) is 0 Å². The molecule has 0 N–H and O–H groups in total. The van der Waals surface area contributed by atoms with Gasteiger partial charge in [0.05, 0.1) is 23.5 Å². The second-order valence-corrected chi connectivity index (χ2v) is 12.4.